The Morgan fingerprint density at radius 3 is 1.32 bits per heavy atom. The number of aryl methyl sites for hydroxylation is 4. The molecule has 2 saturated heterocycles. The van der Waals surface area contributed by atoms with Gasteiger partial charge in [-0.2, -0.15) is 9.59 Å². The molecule has 0 saturated carbocycles. The van der Waals surface area contributed by atoms with E-state index >= 15 is 0 Å². The van der Waals surface area contributed by atoms with Gasteiger partial charge in [0.15, 0.2) is 0 Å². The summed E-state index contributed by atoms with van der Waals surface area (Å²) in [4.78, 5) is 16.2. The maximum Gasteiger partial charge on any atom is 0.373 e. The van der Waals surface area contributed by atoms with Crippen molar-refractivity contribution in [3.05, 3.63) is 57.6 Å². The van der Waals surface area contributed by atoms with Crippen LogP contribution in [0, 0.1) is 27.7 Å². The first-order valence-corrected chi connectivity index (χ1v) is 12.2. The molecular weight excluding hydrogens is 428 g/mol. The van der Waals surface area contributed by atoms with Gasteiger partial charge in [-0.15, -0.1) is 0 Å². The first kappa shape index (κ1) is 26.0. The van der Waals surface area contributed by atoms with Crippen LogP contribution in [0.15, 0.2) is 24.3 Å². The lowest BCUT2D eigenvalue weighted by Crippen LogP contribution is -2.21. The van der Waals surface area contributed by atoms with E-state index in [1.165, 1.54) is 33.4 Å². The minimum atomic E-state index is 0.250. The fourth-order valence-corrected chi connectivity index (χ4v) is 5.19. The number of rotatable bonds is 6. The lowest BCUT2D eigenvalue weighted by Gasteiger charge is -2.20. The topological polar surface area (TPSA) is 76.7 Å². The van der Waals surface area contributed by atoms with Crippen LogP contribution in [0.2, 0.25) is 0 Å². The molecule has 0 aliphatic carbocycles. The number of carbonyl (C=O) groups excluding carboxylic acids is 2. The molecule has 184 valence electrons. The summed E-state index contributed by atoms with van der Waals surface area (Å²) >= 11 is 0. The average Bonchev–Trinajstić information content (AvgIpc) is 3.36. The predicted molar refractivity (Wildman–Crippen MR) is 133 cm³/mol. The van der Waals surface area contributed by atoms with E-state index in [0.29, 0.717) is 12.1 Å². The number of benzene rings is 2. The third-order valence-electron chi connectivity index (χ3n) is 6.64. The number of nitrogens with one attached hydrogen (secondary N) is 2. The van der Waals surface area contributed by atoms with Gasteiger partial charge >= 0.3 is 6.15 Å². The van der Waals surface area contributed by atoms with Crippen molar-refractivity contribution in [2.45, 2.75) is 85.1 Å². The van der Waals surface area contributed by atoms with Gasteiger partial charge in [0.25, 0.3) is 0 Å². The molecule has 2 aliphatic rings. The zero-order chi connectivity index (χ0) is 24.8. The van der Waals surface area contributed by atoms with Crippen LogP contribution < -0.4 is 20.1 Å². The maximum atomic E-state index is 8.12. The fraction of sp³-hybridized carbons (Fsp3) is 0.536. The quantitative estimate of drug-likeness (QED) is 0.665. The molecule has 0 spiro atoms. The average molecular weight is 467 g/mol. The van der Waals surface area contributed by atoms with Gasteiger partial charge in [0.05, 0.1) is 0 Å². The second kappa shape index (κ2) is 11.7. The Morgan fingerprint density at radius 1 is 0.735 bits per heavy atom. The third kappa shape index (κ3) is 6.69. The molecule has 2 aliphatic heterocycles. The van der Waals surface area contributed by atoms with Gasteiger partial charge in [-0.25, -0.2) is 0 Å². The molecule has 2 aromatic rings. The Balaban J connectivity index is 0.00000103. The van der Waals surface area contributed by atoms with Crippen molar-refractivity contribution in [1.29, 1.82) is 0 Å². The van der Waals surface area contributed by atoms with Crippen LogP contribution in [-0.4, -0.2) is 43.5 Å². The second-order valence-electron chi connectivity index (χ2n) is 9.95. The highest BCUT2D eigenvalue weighted by Crippen LogP contribution is 2.31. The maximum absolute atomic E-state index is 8.12. The van der Waals surface area contributed by atoms with Gasteiger partial charge in [-0.1, -0.05) is 24.3 Å². The largest absolute Gasteiger partial charge is 0.488 e. The van der Waals surface area contributed by atoms with E-state index in [2.05, 4.69) is 76.4 Å². The molecule has 1 unspecified atom stereocenters. The Morgan fingerprint density at radius 2 is 1.06 bits per heavy atom. The molecule has 2 fully saturated rings. The van der Waals surface area contributed by atoms with E-state index in [9.17, 15) is 0 Å². The van der Waals surface area contributed by atoms with E-state index in [1.807, 2.05) is 0 Å². The molecule has 0 amide bonds. The number of hydrogen-bond acceptors (Lipinski definition) is 6. The van der Waals surface area contributed by atoms with Gasteiger partial charge in [0.1, 0.15) is 23.7 Å². The minimum absolute atomic E-state index is 0.250. The summed E-state index contributed by atoms with van der Waals surface area (Å²) in [7, 11) is 0. The molecule has 2 heterocycles. The second-order valence-corrected chi connectivity index (χ2v) is 9.95. The highest BCUT2D eigenvalue weighted by Gasteiger charge is 2.24. The Labute approximate surface area is 203 Å². The van der Waals surface area contributed by atoms with Crippen LogP contribution in [-0.2, 0) is 16.0 Å². The summed E-state index contributed by atoms with van der Waals surface area (Å²) < 4.78 is 12.7. The van der Waals surface area contributed by atoms with Crippen molar-refractivity contribution in [3.63, 3.8) is 0 Å². The lowest BCUT2D eigenvalue weighted by molar-refractivity contribution is -0.191. The third-order valence-corrected chi connectivity index (χ3v) is 6.64. The molecule has 34 heavy (non-hydrogen) atoms. The SMILES string of the molecule is Cc1cc(Cc2cc(C)c(O[C@@H]3CN[C@H](C)C3)c(C)c2)cc(C)c1OC1CN[C@H](C)C1.O=C=O. The Kier molecular flexibility index (Phi) is 8.90. The summed E-state index contributed by atoms with van der Waals surface area (Å²) in [5, 5.41) is 6.95. The van der Waals surface area contributed by atoms with Crippen LogP contribution in [0.25, 0.3) is 0 Å². The zero-order valence-corrected chi connectivity index (χ0v) is 21.3. The minimum Gasteiger partial charge on any atom is -0.488 e. The predicted octanol–water partition coefficient (Wildman–Crippen LogP) is 4.19. The number of ether oxygens (including phenoxy) is 2. The monoisotopic (exact) mass is 466 g/mol. The molecule has 6 heteroatoms. The molecule has 6 nitrogen and oxygen atoms in total. The summed E-state index contributed by atoms with van der Waals surface area (Å²) in [5.41, 5.74) is 7.58. The first-order valence-electron chi connectivity index (χ1n) is 12.2. The van der Waals surface area contributed by atoms with Crippen molar-refractivity contribution in [1.82, 2.24) is 10.6 Å². The first-order chi connectivity index (χ1) is 16.2. The van der Waals surface area contributed by atoms with E-state index < -0.39 is 0 Å². The highest BCUT2D eigenvalue weighted by atomic mass is 16.5. The van der Waals surface area contributed by atoms with E-state index in [-0.39, 0.29) is 18.4 Å². The van der Waals surface area contributed by atoms with Crippen LogP contribution in [0.5, 0.6) is 11.5 Å². The van der Waals surface area contributed by atoms with Crippen molar-refractivity contribution in [2.24, 2.45) is 0 Å². The van der Waals surface area contributed by atoms with Gasteiger partial charge in [-0.05, 0) is 81.3 Å². The summed E-state index contributed by atoms with van der Waals surface area (Å²) in [6, 6.07) is 10.2. The van der Waals surface area contributed by atoms with Crippen molar-refractivity contribution in [2.75, 3.05) is 13.1 Å². The highest BCUT2D eigenvalue weighted by molar-refractivity contribution is 5.48. The van der Waals surface area contributed by atoms with Crippen molar-refractivity contribution < 1.29 is 19.1 Å². The van der Waals surface area contributed by atoms with E-state index in [0.717, 1.165) is 43.9 Å². The summed E-state index contributed by atoms with van der Waals surface area (Å²) in [6.45, 7) is 15.0. The molecule has 2 N–H and O–H groups in total. The van der Waals surface area contributed by atoms with Gasteiger partial charge < -0.3 is 20.1 Å². The fourth-order valence-electron chi connectivity index (χ4n) is 5.19. The standard InChI is InChI=1S/C27H38N2O2.CO2/c1-16-7-22(8-17(2)26(16)30-24-11-20(5)28-14-24)13-23-9-18(3)27(19(4)10-23)31-25-12-21(6)29-15-25;2-1-3/h7-10,20-21,24-25,28-29H,11-15H2,1-6H3;/t20-,21-,24+,25?;/m1./s1. The molecule has 0 radical (unpaired) electrons. The van der Waals surface area contributed by atoms with Gasteiger partial charge in [0.2, 0.25) is 0 Å². The summed E-state index contributed by atoms with van der Waals surface area (Å²) in [5.74, 6) is 2.11. The van der Waals surface area contributed by atoms with E-state index in [1.54, 1.807) is 0 Å². The van der Waals surface area contributed by atoms with Crippen molar-refractivity contribution in [3.8, 4) is 11.5 Å². The van der Waals surface area contributed by atoms with Crippen LogP contribution in [0.1, 0.15) is 60.1 Å². The molecule has 0 aromatic heterocycles. The molecular formula is C28H38N2O4. The lowest BCUT2D eigenvalue weighted by atomic mass is 9.97. The molecule has 4 rings (SSSR count). The normalized spacial score (nSPS) is 23.7. The molecule has 2 aromatic carbocycles. The smallest absolute Gasteiger partial charge is 0.373 e. The van der Waals surface area contributed by atoms with Crippen LogP contribution in [0.3, 0.4) is 0 Å². The number of hydrogen-bond donors (Lipinski definition) is 2. The van der Waals surface area contributed by atoms with Crippen LogP contribution in [0.4, 0.5) is 0 Å². The zero-order valence-electron chi connectivity index (χ0n) is 21.3. The molecule has 0 bridgehead atoms. The molecule has 4 atom stereocenters. The van der Waals surface area contributed by atoms with Gasteiger partial charge in [-0.3, -0.25) is 0 Å². The van der Waals surface area contributed by atoms with E-state index in [4.69, 9.17) is 19.1 Å². The van der Waals surface area contributed by atoms with Crippen LogP contribution >= 0.6 is 0 Å². The van der Waals surface area contributed by atoms with Gasteiger partial charge in [0, 0.05) is 38.0 Å². The summed E-state index contributed by atoms with van der Waals surface area (Å²) in [6.07, 6.45) is 3.86. The Bertz CT molecular complexity index is 908. The Hall–Kier alpha value is -2.66. The van der Waals surface area contributed by atoms with Crippen molar-refractivity contribution >= 4 is 6.15 Å².